The molecule has 1 rings (SSSR count). The molecule has 16 heavy (non-hydrogen) atoms. The minimum absolute atomic E-state index is 0.00404. The van der Waals surface area contributed by atoms with Crippen LogP contribution in [0.25, 0.3) is 5.57 Å². The average Bonchev–Trinajstić information content (AvgIpc) is 2.16. The van der Waals surface area contributed by atoms with Crippen molar-refractivity contribution >= 4 is 17.2 Å². The number of rotatable bonds is 3. The third-order valence-corrected chi connectivity index (χ3v) is 2.27. The molecule has 0 aliphatic rings. The highest BCUT2D eigenvalue weighted by atomic mass is 16.6. The van der Waals surface area contributed by atoms with Gasteiger partial charge in [0.25, 0.3) is 5.69 Å². The van der Waals surface area contributed by atoms with Gasteiger partial charge in [0.15, 0.2) is 0 Å². The van der Waals surface area contributed by atoms with Crippen molar-refractivity contribution in [2.45, 2.75) is 13.8 Å². The molecule has 0 atom stereocenters. The number of benzene rings is 1. The van der Waals surface area contributed by atoms with Crippen molar-refractivity contribution < 1.29 is 14.8 Å². The third kappa shape index (κ3) is 2.44. The number of nitro groups is 1. The van der Waals surface area contributed by atoms with Crippen LogP contribution in [0.5, 0.6) is 0 Å². The molecule has 0 saturated carbocycles. The van der Waals surface area contributed by atoms with Gasteiger partial charge in [-0.3, -0.25) is 10.1 Å². The Morgan fingerprint density at radius 2 is 2.12 bits per heavy atom. The summed E-state index contributed by atoms with van der Waals surface area (Å²) in [5, 5.41) is 19.3. The Morgan fingerprint density at radius 3 is 2.62 bits per heavy atom. The molecular weight excluding hydrogens is 210 g/mol. The predicted molar refractivity (Wildman–Crippen MR) is 59.1 cm³/mol. The maximum Gasteiger partial charge on any atom is 0.328 e. The lowest BCUT2D eigenvalue weighted by molar-refractivity contribution is -0.385. The van der Waals surface area contributed by atoms with Crippen molar-refractivity contribution in [2.24, 2.45) is 0 Å². The first kappa shape index (κ1) is 11.9. The second kappa shape index (κ2) is 4.57. The van der Waals surface area contributed by atoms with E-state index in [1.807, 2.05) is 0 Å². The molecule has 1 aromatic rings. The van der Waals surface area contributed by atoms with E-state index >= 15 is 0 Å². The molecule has 0 spiro atoms. The molecule has 0 aromatic heterocycles. The lowest BCUT2D eigenvalue weighted by atomic mass is 10.0. The quantitative estimate of drug-likeness (QED) is 0.482. The van der Waals surface area contributed by atoms with Gasteiger partial charge < -0.3 is 5.11 Å². The Labute approximate surface area is 92.2 Å². The van der Waals surface area contributed by atoms with Crippen molar-refractivity contribution in [3.8, 4) is 0 Å². The smallest absolute Gasteiger partial charge is 0.328 e. The Morgan fingerprint density at radius 1 is 1.50 bits per heavy atom. The zero-order chi connectivity index (χ0) is 12.3. The highest BCUT2D eigenvalue weighted by Gasteiger charge is 2.14. The summed E-state index contributed by atoms with van der Waals surface area (Å²) in [6.45, 7) is 3.22. The van der Waals surface area contributed by atoms with Crippen LogP contribution in [-0.2, 0) is 4.79 Å². The van der Waals surface area contributed by atoms with Crippen molar-refractivity contribution in [2.75, 3.05) is 0 Å². The van der Waals surface area contributed by atoms with Crippen molar-refractivity contribution in [1.82, 2.24) is 0 Å². The molecule has 0 amide bonds. The first-order valence-electron chi connectivity index (χ1n) is 4.59. The average molecular weight is 221 g/mol. The lowest BCUT2D eigenvalue weighted by Gasteiger charge is -2.05. The number of nitrogens with zero attached hydrogens (tertiary/aromatic N) is 1. The maximum atomic E-state index is 10.7. The fraction of sp³-hybridized carbons (Fsp3) is 0.182. The number of allylic oxidation sites excluding steroid dienone is 1. The number of hydrogen-bond acceptors (Lipinski definition) is 3. The zero-order valence-electron chi connectivity index (χ0n) is 8.93. The van der Waals surface area contributed by atoms with Gasteiger partial charge in [-0.1, -0.05) is 12.1 Å². The first-order valence-corrected chi connectivity index (χ1v) is 4.59. The predicted octanol–water partition coefficient (Wildman–Crippen LogP) is 2.39. The molecule has 5 heteroatoms. The van der Waals surface area contributed by atoms with Crippen LogP contribution in [0.3, 0.4) is 0 Å². The summed E-state index contributed by atoms with van der Waals surface area (Å²) in [4.78, 5) is 20.7. The highest BCUT2D eigenvalue weighted by Crippen LogP contribution is 2.26. The van der Waals surface area contributed by atoms with E-state index in [9.17, 15) is 14.9 Å². The molecule has 0 fully saturated rings. The summed E-state index contributed by atoms with van der Waals surface area (Å²) in [6, 6.07) is 4.60. The molecule has 0 bridgehead atoms. The highest BCUT2D eigenvalue weighted by molar-refractivity contribution is 5.90. The van der Waals surface area contributed by atoms with E-state index in [1.54, 1.807) is 26.0 Å². The van der Waals surface area contributed by atoms with E-state index in [0.717, 1.165) is 6.08 Å². The van der Waals surface area contributed by atoms with E-state index in [1.165, 1.54) is 6.07 Å². The standard InChI is InChI=1S/C11H11NO4/c1-7(6-11(13)14)9-4-3-5-10(8(9)2)12(15)16/h3-6H,1-2H3,(H,13,14). The van der Waals surface area contributed by atoms with Gasteiger partial charge in [0, 0.05) is 17.7 Å². The fourth-order valence-electron chi connectivity index (χ4n) is 1.51. The first-order chi connectivity index (χ1) is 7.43. The van der Waals surface area contributed by atoms with E-state index in [2.05, 4.69) is 0 Å². The van der Waals surface area contributed by atoms with Crippen molar-refractivity contribution in [1.29, 1.82) is 0 Å². The number of carboxylic acid groups (broad SMARTS) is 1. The Bertz CT molecular complexity index is 477. The number of nitro benzene ring substituents is 1. The zero-order valence-corrected chi connectivity index (χ0v) is 8.93. The number of carboxylic acids is 1. The fourth-order valence-corrected chi connectivity index (χ4v) is 1.51. The van der Waals surface area contributed by atoms with Gasteiger partial charge in [0.2, 0.25) is 0 Å². The molecular formula is C11H11NO4. The van der Waals surface area contributed by atoms with Crippen LogP contribution >= 0.6 is 0 Å². The van der Waals surface area contributed by atoms with Gasteiger partial charge in [-0.15, -0.1) is 0 Å². The molecule has 0 radical (unpaired) electrons. The maximum absolute atomic E-state index is 10.7. The molecule has 0 aliphatic heterocycles. The van der Waals surface area contributed by atoms with Crippen LogP contribution in [0.2, 0.25) is 0 Å². The molecule has 0 saturated heterocycles. The monoisotopic (exact) mass is 221 g/mol. The largest absolute Gasteiger partial charge is 0.478 e. The minimum atomic E-state index is -1.07. The summed E-state index contributed by atoms with van der Waals surface area (Å²) in [5.41, 5.74) is 1.54. The summed E-state index contributed by atoms with van der Waals surface area (Å²) in [7, 11) is 0. The van der Waals surface area contributed by atoms with Crippen LogP contribution in [0, 0.1) is 17.0 Å². The van der Waals surface area contributed by atoms with Crippen LogP contribution in [0.4, 0.5) is 5.69 Å². The molecule has 0 aliphatic carbocycles. The third-order valence-electron chi connectivity index (χ3n) is 2.27. The molecule has 1 aromatic carbocycles. The summed E-state index contributed by atoms with van der Waals surface area (Å²) < 4.78 is 0. The van der Waals surface area contributed by atoms with Crippen molar-refractivity contribution in [3.63, 3.8) is 0 Å². The van der Waals surface area contributed by atoms with Gasteiger partial charge in [-0.05, 0) is 25.0 Å². The van der Waals surface area contributed by atoms with Gasteiger partial charge in [0.1, 0.15) is 0 Å². The summed E-state index contributed by atoms with van der Waals surface area (Å²) >= 11 is 0. The normalized spacial score (nSPS) is 11.2. The van der Waals surface area contributed by atoms with Crippen LogP contribution in [0.1, 0.15) is 18.1 Å². The number of aliphatic carboxylic acids is 1. The number of carbonyl (C=O) groups is 1. The van der Waals surface area contributed by atoms with E-state index in [-0.39, 0.29) is 5.69 Å². The molecule has 0 unspecified atom stereocenters. The Kier molecular flexibility index (Phi) is 3.40. The van der Waals surface area contributed by atoms with Crippen molar-refractivity contribution in [3.05, 3.63) is 45.5 Å². The van der Waals surface area contributed by atoms with E-state index in [4.69, 9.17) is 5.11 Å². The van der Waals surface area contributed by atoms with Crippen LogP contribution in [-0.4, -0.2) is 16.0 Å². The topological polar surface area (TPSA) is 80.4 Å². The summed E-state index contributed by atoms with van der Waals surface area (Å²) in [6.07, 6.45) is 1.03. The molecule has 1 N–H and O–H groups in total. The molecule has 84 valence electrons. The summed E-state index contributed by atoms with van der Waals surface area (Å²) in [5.74, 6) is -1.07. The Hall–Kier alpha value is -2.17. The van der Waals surface area contributed by atoms with Crippen LogP contribution in [0.15, 0.2) is 24.3 Å². The SMILES string of the molecule is CC(=CC(=O)O)c1cccc([N+](=O)[O-])c1C. The van der Waals surface area contributed by atoms with Gasteiger partial charge in [-0.25, -0.2) is 4.79 Å². The van der Waals surface area contributed by atoms with Gasteiger partial charge in [0.05, 0.1) is 4.92 Å². The molecule has 0 heterocycles. The molecule has 5 nitrogen and oxygen atoms in total. The second-order valence-electron chi connectivity index (χ2n) is 3.37. The number of hydrogen-bond donors (Lipinski definition) is 1. The van der Waals surface area contributed by atoms with Gasteiger partial charge >= 0.3 is 5.97 Å². The van der Waals surface area contributed by atoms with E-state index in [0.29, 0.717) is 16.7 Å². The van der Waals surface area contributed by atoms with Gasteiger partial charge in [-0.2, -0.15) is 0 Å². The van der Waals surface area contributed by atoms with Crippen LogP contribution < -0.4 is 0 Å². The lowest BCUT2D eigenvalue weighted by Crippen LogP contribution is -1.96. The second-order valence-corrected chi connectivity index (χ2v) is 3.37. The van der Waals surface area contributed by atoms with E-state index < -0.39 is 10.9 Å². The Balaban J connectivity index is 3.31. The minimum Gasteiger partial charge on any atom is -0.478 e.